The van der Waals surface area contributed by atoms with Gasteiger partial charge in [0, 0.05) is 5.41 Å². The highest BCUT2D eigenvalue weighted by Gasteiger charge is 2.30. The standard InChI is InChI=1S/C34H58/c1-13-34(12,23-21-30(8)32-19-18-31(9)33(10,11)24-32)22-20-26(4)14-15-28(6)29(7)17-16-27(5)25(2)3/h13,20,22,24,26-28,30-31H,1-2,7,14-19,21,23H2,3-6,8-12H3/b22-20+. The minimum absolute atomic E-state index is 0.0778. The van der Waals surface area contributed by atoms with E-state index < -0.39 is 0 Å². The highest BCUT2D eigenvalue weighted by Crippen LogP contribution is 2.42. The molecule has 6 atom stereocenters. The van der Waals surface area contributed by atoms with Crippen LogP contribution in [0.15, 0.2) is 60.8 Å². The molecule has 0 aromatic heterocycles. The fraction of sp³-hybridized carbons (Fsp3) is 0.706. The smallest absolute Gasteiger partial charge is 0.00303 e. The lowest BCUT2D eigenvalue weighted by molar-refractivity contribution is 0.261. The van der Waals surface area contributed by atoms with Crippen LogP contribution in [0.4, 0.5) is 0 Å². The SMILES string of the molecule is C=CC(C)(/C=C/C(C)CCC(C)C(=C)CCC(C)C(=C)C)CCC(C)C1=CC(C)(C)C(C)CC1. The maximum Gasteiger partial charge on any atom is 0.00303 e. The van der Waals surface area contributed by atoms with Gasteiger partial charge in [-0.3, -0.25) is 0 Å². The van der Waals surface area contributed by atoms with Crippen LogP contribution in [-0.2, 0) is 0 Å². The molecule has 1 aliphatic rings. The van der Waals surface area contributed by atoms with E-state index in [-0.39, 0.29) is 5.41 Å². The first kappa shape index (κ1) is 30.7. The summed E-state index contributed by atoms with van der Waals surface area (Å²) in [6, 6.07) is 0. The van der Waals surface area contributed by atoms with Gasteiger partial charge >= 0.3 is 0 Å². The van der Waals surface area contributed by atoms with E-state index in [2.05, 4.69) is 106 Å². The van der Waals surface area contributed by atoms with Crippen molar-refractivity contribution in [2.24, 2.45) is 40.4 Å². The number of allylic oxidation sites excluding steroid dienone is 7. The zero-order valence-electron chi connectivity index (χ0n) is 24.5. The molecule has 1 rings (SSSR count). The third-order valence-electron chi connectivity index (χ3n) is 9.21. The molecule has 0 saturated heterocycles. The second-order valence-electron chi connectivity index (χ2n) is 12.9. The molecule has 0 heteroatoms. The largest absolute Gasteiger partial charge is 0.102 e. The van der Waals surface area contributed by atoms with E-state index in [1.165, 1.54) is 56.1 Å². The lowest BCUT2D eigenvalue weighted by Crippen LogP contribution is -2.25. The molecular weight excluding hydrogens is 408 g/mol. The molecule has 0 fully saturated rings. The van der Waals surface area contributed by atoms with Crippen LogP contribution in [0.25, 0.3) is 0 Å². The van der Waals surface area contributed by atoms with Gasteiger partial charge in [-0.15, -0.1) is 6.58 Å². The van der Waals surface area contributed by atoms with E-state index in [0.717, 1.165) is 12.3 Å². The normalized spacial score (nSPS) is 23.4. The first-order valence-electron chi connectivity index (χ1n) is 14.1. The van der Waals surface area contributed by atoms with Crippen molar-refractivity contribution in [1.82, 2.24) is 0 Å². The van der Waals surface area contributed by atoms with Gasteiger partial charge in [-0.05, 0) is 93.3 Å². The van der Waals surface area contributed by atoms with Crippen molar-refractivity contribution in [2.45, 2.75) is 114 Å². The molecule has 0 N–H and O–H groups in total. The summed E-state index contributed by atoms with van der Waals surface area (Å²) in [5.41, 5.74) is 4.79. The molecule has 34 heavy (non-hydrogen) atoms. The van der Waals surface area contributed by atoms with Crippen LogP contribution in [0, 0.1) is 40.4 Å². The van der Waals surface area contributed by atoms with Crippen molar-refractivity contribution in [3.8, 4) is 0 Å². The van der Waals surface area contributed by atoms with Gasteiger partial charge in [-0.2, -0.15) is 0 Å². The third kappa shape index (κ3) is 10.1. The van der Waals surface area contributed by atoms with Gasteiger partial charge in [-0.1, -0.05) is 110 Å². The number of rotatable bonds is 15. The fourth-order valence-corrected chi connectivity index (χ4v) is 4.89. The van der Waals surface area contributed by atoms with E-state index in [9.17, 15) is 0 Å². The summed E-state index contributed by atoms with van der Waals surface area (Å²) in [5, 5.41) is 0. The summed E-state index contributed by atoms with van der Waals surface area (Å²) in [6.45, 7) is 33.8. The van der Waals surface area contributed by atoms with Crippen LogP contribution in [-0.4, -0.2) is 0 Å². The Morgan fingerprint density at radius 3 is 2.29 bits per heavy atom. The third-order valence-corrected chi connectivity index (χ3v) is 9.21. The molecule has 0 nitrogen and oxygen atoms in total. The molecule has 0 spiro atoms. The summed E-state index contributed by atoms with van der Waals surface area (Å²) in [5.74, 6) is 3.22. The van der Waals surface area contributed by atoms with Crippen molar-refractivity contribution in [3.63, 3.8) is 0 Å². The van der Waals surface area contributed by atoms with E-state index >= 15 is 0 Å². The Kier molecular flexibility index (Phi) is 12.4. The van der Waals surface area contributed by atoms with Gasteiger partial charge < -0.3 is 0 Å². The fourth-order valence-electron chi connectivity index (χ4n) is 4.89. The Morgan fingerprint density at radius 1 is 1.09 bits per heavy atom. The zero-order valence-corrected chi connectivity index (χ0v) is 24.5. The van der Waals surface area contributed by atoms with Gasteiger partial charge in [-0.25, -0.2) is 0 Å². The Morgan fingerprint density at radius 2 is 1.74 bits per heavy atom. The lowest BCUT2D eigenvalue weighted by Gasteiger charge is -2.36. The van der Waals surface area contributed by atoms with Crippen LogP contribution < -0.4 is 0 Å². The molecule has 1 aliphatic carbocycles. The molecule has 0 radical (unpaired) electrons. The molecule has 0 bridgehead atoms. The van der Waals surface area contributed by atoms with Gasteiger partial charge in [0.1, 0.15) is 0 Å². The maximum atomic E-state index is 4.39. The highest BCUT2D eigenvalue weighted by molar-refractivity contribution is 5.16. The minimum Gasteiger partial charge on any atom is -0.102 e. The van der Waals surface area contributed by atoms with Crippen molar-refractivity contribution < 1.29 is 0 Å². The van der Waals surface area contributed by atoms with Gasteiger partial charge in [0.15, 0.2) is 0 Å². The zero-order chi connectivity index (χ0) is 26.1. The van der Waals surface area contributed by atoms with E-state index in [0.29, 0.717) is 29.1 Å². The molecule has 194 valence electrons. The van der Waals surface area contributed by atoms with Crippen LogP contribution >= 0.6 is 0 Å². The van der Waals surface area contributed by atoms with Gasteiger partial charge in [0.05, 0.1) is 0 Å². The van der Waals surface area contributed by atoms with E-state index in [4.69, 9.17) is 0 Å². The van der Waals surface area contributed by atoms with Gasteiger partial charge in [0.25, 0.3) is 0 Å². The molecule has 0 aromatic rings. The molecular formula is C34H58. The summed E-state index contributed by atoms with van der Waals surface area (Å²) < 4.78 is 0. The summed E-state index contributed by atoms with van der Waals surface area (Å²) in [6.07, 6.45) is 19.4. The van der Waals surface area contributed by atoms with E-state index in [1.54, 1.807) is 5.57 Å². The predicted molar refractivity (Wildman–Crippen MR) is 156 cm³/mol. The molecule has 0 heterocycles. The minimum atomic E-state index is 0.0778. The van der Waals surface area contributed by atoms with Crippen LogP contribution in [0.2, 0.25) is 0 Å². The highest BCUT2D eigenvalue weighted by atomic mass is 14.3. The first-order valence-corrected chi connectivity index (χ1v) is 14.1. The average molecular weight is 467 g/mol. The Labute approximate surface area is 214 Å². The maximum absolute atomic E-state index is 4.39. The molecule has 0 aliphatic heterocycles. The monoisotopic (exact) mass is 466 g/mol. The molecule has 6 unspecified atom stereocenters. The topological polar surface area (TPSA) is 0 Å². The summed E-state index contributed by atoms with van der Waals surface area (Å²) >= 11 is 0. The average Bonchev–Trinajstić information content (AvgIpc) is 2.79. The van der Waals surface area contributed by atoms with E-state index in [1.807, 2.05) is 0 Å². The first-order chi connectivity index (χ1) is 15.7. The van der Waals surface area contributed by atoms with Crippen LogP contribution in [0.5, 0.6) is 0 Å². The predicted octanol–water partition coefficient (Wildman–Crippen LogP) is 11.1. The quantitative estimate of drug-likeness (QED) is 0.210. The second kappa shape index (κ2) is 13.7. The van der Waals surface area contributed by atoms with Crippen molar-refractivity contribution in [1.29, 1.82) is 0 Å². The molecule has 0 saturated carbocycles. The lowest BCUT2D eigenvalue weighted by atomic mass is 9.69. The number of hydrogen-bond acceptors (Lipinski definition) is 0. The Balaban J connectivity index is 2.54. The molecule has 0 amide bonds. The number of hydrogen-bond donors (Lipinski definition) is 0. The Bertz CT molecular complexity index is 729. The Hall–Kier alpha value is -1.30. The van der Waals surface area contributed by atoms with Crippen molar-refractivity contribution >= 4 is 0 Å². The summed E-state index contributed by atoms with van der Waals surface area (Å²) in [7, 11) is 0. The van der Waals surface area contributed by atoms with Gasteiger partial charge in [0.2, 0.25) is 0 Å². The van der Waals surface area contributed by atoms with Crippen LogP contribution in [0.3, 0.4) is 0 Å². The van der Waals surface area contributed by atoms with Crippen molar-refractivity contribution in [2.75, 3.05) is 0 Å². The van der Waals surface area contributed by atoms with Crippen LogP contribution in [0.1, 0.15) is 114 Å². The molecule has 0 aromatic carbocycles. The summed E-state index contributed by atoms with van der Waals surface area (Å²) in [4.78, 5) is 0. The van der Waals surface area contributed by atoms with Crippen molar-refractivity contribution in [3.05, 3.63) is 60.8 Å². The second-order valence-corrected chi connectivity index (χ2v) is 12.9.